The third-order valence-electron chi connectivity index (χ3n) is 12.0. The second-order valence-electron chi connectivity index (χ2n) is 17.6. The van der Waals surface area contributed by atoms with E-state index in [-0.39, 0.29) is 12.5 Å². The molecule has 3 N–H and O–H groups in total. The first kappa shape index (κ1) is 54.1. The highest BCUT2D eigenvalue weighted by Gasteiger charge is 2.18. The van der Waals surface area contributed by atoms with E-state index in [2.05, 4.69) is 19.2 Å². The Morgan fingerprint density at radius 2 is 0.673 bits per heavy atom. The number of amides is 1. The van der Waals surface area contributed by atoms with E-state index in [4.69, 9.17) is 0 Å². The van der Waals surface area contributed by atoms with E-state index >= 15 is 0 Å². The summed E-state index contributed by atoms with van der Waals surface area (Å²) in [6.45, 7) is 4.23. The molecule has 0 heterocycles. The average molecular weight is 776 g/mol. The third-order valence-corrected chi connectivity index (χ3v) is 12.0. The molecule has 0 aliphatic carbocycles. The van der Waals surface area contributed by atoms with Crippen LogP contribution in [-0.4, -0.2) is 34.9 Å². The Morgan fingerprint density at radius 3 is 0.945 bits per heavy atom. The molecule has 0 spiro atoms. The van der Waals surface area contributed by atoms with Crippen molar-refractivity contribution in [2.75, 3.05) is 6.61 Å². The van der Waals surface area contributed by atoms with Gasteiger partial charge in [0.2, 0.25) is 5.91 Å². The summed E-state index contributed by atoms with van der Waals surface area (Å²) in [6, 6.07) is -0.613. The first-order valence-corrected chi connectivity index (χ1v) is 25.4. The van der Waals surface area contributed by atoms with Crippen molar-refractivity contribution < 1.29 is 15.0 Å². The number of rotatable bonds is 47. The largest absolute Gasteiger partial charge is 0.394 e. The lowest BCUT2D eigenvalue weighted by molar-refractivity contribution is -0.123. The minimum atomic E-state index is -0.830. The van der Waals surface area contributed by atoms with Crippen LogP contribution in [0.25, 0.3) is 0 Å². The first-order valence-electron chi connectivity index (χ1n) is 25.4. The lowest BCUT2D eigenvalue weighted by Gasteiger charge is -2.20. The number of carbonyl (C=O) groups excluding carboxylic acids is 1. The molecule has 0 aliphatic heterocycles. The van der Waals surface area contributed by atoms with E-state index in [1.54, 1.807) is 6.08 Å². The summed E-state index contributed by atoms with van der Waals surface area (Å²) in [5.41, 5.74) is 0. The van der Waals surface area contributed by atoms with Crippen LogP contribution >= 0.6 is 0 Å². The zero-order valence-electron chi connectivity index (χ0n) is 37.7. The van der Waals surface area contributed by atoms with Crippen molar-refractivity contribution in [1.82, 2.24) is 5.32 Å². The molecule has 0 rings (SSSR count). The molecule has 0 saturated heterocycles. The molecule has 4 heteroatoms. The average Bonchev–Trinajstić information content (AvgIpc) is 3.19. The van der Waals surface area contributed by atoms with Gasteiger partial charge in [0.25, 0.3) is 0 Å². The third kappa shape index (κ3) is 44.1. The zero-order valence-corrected chi connectivity index (χ0v) is 37.7. The fraction of sp³-hybridized carbons (Fsp3) is 0.941. The smallest absolute Gasteiger partial charge is 0.220 e. The van der Waals surface area contributed by atoms with Gasteiger partial charge in [0.1, 0.15) is 0 Å². The molecule has 0 fully saturated rings. The number of hydrogen-bond donors (Lipinski definition) is 3. The summed E-state index contributed by atoms with van der Waals surface area (Å²) in [5.74, 6) is -0.0658. The van der Waals surface area contributed by atoms with Gasteiger partial charge in [0, 0.05) is 6.42 Å². The molecule has 0 bridgehead atoms. The monoisotopic (exact) mass is 776 g/mol. The molecule has 0 aliphatic rings. The summed E-state index contributed by atoms with van der Waals surface area (Å²) in [6.07, 6.45) is 61.4. The van der Waals surface area contributed by atoms with Crippen LogP contribution in [0.1, 0.15) is 290 Å². The van der Waals surface area contributed by atoms with Crippen molar-refractivity contribution in [2.45, 2.75) is 302 Å². The van der Waals surface area contributed by atoms with Crippen LogP contribution in [-0.2, 0) is 4.79 Å². The van der Waals surface area contributed by atoms with Crippen molar-refractivity contribution in [1.29, 1.82) is 0 Å². The lowest BCUT2D eigenvalue weighted by atomic mass is 10.0. The van der Waals surface area contributed by atoms with Gasteiger partial charge in [-0.15, -0.1) is 0 Å². The van der Waals surface area contributed by atoms with Gasteiger partial charge >= 0.3 is 0 Å². The van der Waals surface area contributed by atoms with Gasteiger partial charge in [-0.1, -0.05) is 276 Å². The highest BCUT2D eigenvalue weighted by atomic mass is 16.3. The number of unbranched alkanes of at least 4 members (excludes halogenated alkanes) is 40. The molecule has 0 saturated carbocycles. The maximum Gasteiger partial charge on any atom is 0.220 e. The van der Waals surface area contributed by atoms with Crippen molar-refractivity contribution in [3.63, 3.8) is 0 Å². The topological polar surface area (TPSA) is 69.6 Å². The van der Waals surface area contributed by atoms with Crippen LogP contribution < -0.4 is 5.32 Å². The van der Waals surface area contributed by atoms with Crippen molar-refractivity contribution in [2.24, 2.45) is 0 Å². The number of allylic oxidation sites excluding steroid dienone is 1. The molecule has 0 aromatic rings. The number of carbonyl (C=O) groups is 1. The van der Waals surface area contributed by atoms with E-state index in [9.17, 15) is 15.0 Å². The Balaban J connectivity index is 3.25. The summed E-state index contributed by atoms with van der Waals surface area (Å²) in [7, 11) is 0. The van der Waals surface area contributed by atoms with Crippen molar-refractivity contribution in [3.8, 4) is 0 Å². The molecule has 1 amide bonds. The van der Waals surface area contributed by atoms with Crippen LogP contribution in [0.5, 0.6) is 0 Å². The quantitative estimate of drug-likeness (QED) is 0.0426. The summed E-state index contributed by atoms with van der Waals surface area (Å²) in [5, 5.41) is 22.6. The van der Waals surface area contributed by atoms with Crippen molar-refractivity contribution in [3.05, 3.63) is 12.2 Å². The van der Waals surface area contributed by atoms with Gasteiger partial charge in [-0.3, -0.25) is 4.79 Å². The van der Waals surface area contributed by atoms with E-state index in [1.807, 2.05) is 6.08 Å². The van der Waals surface area contributed by atoms with Crippen LogP contribution in [0.4, 0.5) is 0 Å². The zero-order chi connectivity index (χ0) is 40.0. The standard InChI is InChI=1S/C51H101NO3/c1-3-5-7-9-10-11-12-13-14-15-16-17-18-19-20-21-22-23-24-25-26-27-28-29-30-31-32-33-34-35-36-37-38-39-40-41-43-45-47-51(55)52-49(48-53)50(54)46-44-42-8-6-4-2/h44,46,49-50,53-54H,3-43,45,47-48H2,1-2H3,(H,52,55)/b46-44+. The summed E-state index contributed by atoms with van der Waals surface area (Å²) < 4.78 is 0. The highest BCUT2D eigenvalue weighted by molar-refractivity contribution is 5.76. The van der Waals surface area contributed by atoms with E-state index in [0.29, 0.717) is 6.42 Å². The molecule has 4 nitrogen and oxygen atoms in total. The Hall–Kier alpha value is -0.870. The van der Waals surface area contributed by atoms with Gasteiger partial charge in [-0.05, 0) is 19.3 Å². The normalized spacial score (nSPS) is 12.9. The Morgan fingerprint density at radius 1 is 0.418 bits per heavy atom. The van der Waals surface area contributed by atoms with Gasteiger partial charge in [-0.2, -0.15) is 0 Å². The molecule has 0 aromatic carbocycles. The van der Waals surface area contributed by atoms with Gasteiger partial charge in [0.15, 0.2) is 0 Å². The number of aliphatic hydroxyl groups is 2. The van der Waals surface area contributed by atoms with E-state index in [1.165, 1.54) is 244 Å². The minimum absolute atomic E-state index is 0.0658. The second-order valence-corrected chi connectivity index (χ2v) is 17.6. The van der Waals surface area contributed by atoms with Crippen molar-refractivity contribution >= 4 is 5.91 Å². The number of nitrogens with one attached hydrogen (secondary N) is 1. The second kappa shape index (κ2) is 47.5. The molecule has 55 heavy (non-hydrogen) atoms. The predicted molar refractivity (Wildman–Crippen MR) is 244 cm³/mol. The molecule has 2 unspecified atom stereocenters. The highest BCUT2D eigenvalue weighted by Crippen LogP contribution is 2.18. The number of hydrogen-bond acceptors (Lipinski definition) is 3. The fourth-order valence-corrected chi connectivity index (χ4v) is 8.12. The lowest BCUT2D eigenvalue weighted by Crippen LogP contribution is -2.45. The van der Waals surface area contributed by atoms with Crippen LogP contribution in [0.15, 0.2) is 12.2 Å². The maximum absolute atomic E-state index is 12.3. The minimum Gasteiger partial charge on any atom is -0.394 e. The van der Waals surface area contributed by atoms with E-state index < -0.39 is 12.1 Å². The molecular weight excluding hydrogens is 675 g/mol. The van der Waals surface area contributed by atoms with E-state index in [0.717, 1.165) is 25.7 Å². The Labute approximate surface area is 346 Å². The molecule has 0 radical (unpaired) electrons. The first-order chi connectivity index (χ1) is 27.2. The molecule has 0 aromatic heterocycles. The van der Waals surface area contributed by atoms with Gasteiger partial charge < -0.3 is 15.5 Å². The predicted octanol–water partition coefficient (Wildman–Crippen LogP) is 16.2. The van der Waals surface area contributed by atoms with Crippen LogP contribution in [0.2, 0.25) is 0 Å². The molecular formula is C51H101NO3. The van der Waals surface area contributed by atoms with Crippen LogP contribution in [0, 0.1) is 0 Å². The molecule has 2 atom stereocenters. The Bertz CT molecular complexity index is 754. The van der Waals surface area contributed by atoms with Gasteiger partial charge in [-0.25, -0.2) is 0 Å². The van der Waals surface area contributed by atoms with Crippen LogP contribution in [0.3, 0.4) is 0 Å². The summed E-state index contributed by atoms with van der Waals surface area (Å²) >= 11 is 0. The molecule has 328 valence electrons. The maximum atomic E-state index is 12.3. The fourth-order valence-electron chi connectivity index (χ4n) is 8.12. The SMILES string of the molecule is CCCCC/C=C/C(O)C(CO)NC(=O)CCCCCCCCCCCCCCCCCCCCCCCCCCCCCCCCCCCCCCCC. The summed E-state index contributed by atoms with van der Waals surface area (Å²) in [4.78, 5) is 12.3. The number of aliphatic hydroxyl groups excluding tert-OH is 2. The Kier molecular flexibility index (Phi) is 46.8. The van der Waals surface area contributed by atoms with Gasteiger partial charge in [0.05, 0.1) is 18.8 Å².